The second-order valence-electron chi connectivity index (χ2n) is 3.02. The minimum Gasteiger partial charge on any atom is -0.424 e. The van der Waals surface area contributed by atoms with E-state index in [2.05, 4.69) is 20.9 Å². The number of hydrogen-bond donors (Lipinski definition) is 1. The largest absolute Gasteiger partial charge is 0.424 e. The van der Waals surface area contributed by atoms with Crippen molar-refractivity contribution in [2.75, 3.05) is 5.73 Å². The third-order valence-corrected chi connectivity index (χ3v) is 2.48. The molecule has 0 saturated carbocycles. The fraction of sp³-hybridized carbons (Fsp3) is 0.100. The van der Waals surface area contributed by atoms with Gasteiger partial charge in [0, 0.05) is 10.0 Å². The molecule has 14 heavy (non-hydrogen) atoms. The van der Waals surface area contributed by atoms with Gasteiger partial charge in [-0.25, -0.2) is 4.98 Å². The molecule has 0 aliphatic rings. The third-order valence-electron chi connectivity index (χ3n) is 1.99. The number of nitrogens with two attached hydrogens (primary N) is 1. The van der Waals surface area contributed by atoms with Gasteiger partial charge >= 0.3 is 0 Å². The van der Waals surface area contributed by atoms with Crippen LogP contribution in [0.4, 0.5) is 6.01 Å². The van der Waals surface area contributed by atoms with Gasteiger partial charge in [-0.1, -0.05) is 22.0 Å². The second-order valence-corrected chi connectivity index (χ2v) is 3.94. The zero-order valence-electron chi connectivity index (χ0n) is 7.62. The second kappa shape index (κ2) is 3.46. The van der Waals surface area contributed by atoms with Crippen LogP contribution >= 0.6 is 15.9 Å². The first-order valence-corrected chi connectivity index (χ1v) is 4.94. The minimum absolute atomic E-state index is 0.194. The maximum atomic E-state index is 5.41. The Kier molecular flexibility index (Phi) is 2.29. The molecule has 72 valence electrons. The maximum absolute atomic E-state index is 5.41. The minimum atomic E-state index is 0.194. The zero-order valence-corrected chi connectivity index (χ0v) is 9.21. The van der Waals surface area contributed by atoms with E-state index in [1.165, 1.54) is 0 Å². The number of benzene rings is 1. The van der Waals surface area contributed by atoms with Gasteiger partial charge in [0.25, 0.3) is 6.01 Å². The average Bonchev–Trinajstić information content (AvgIpc) is 2.56. The molecule has 0 saturated heterocycles. The van der Waals surface area contributed by atoms with Gasteiger partial charge in [0.2, 0.25) is 0 Å². The van der Waals surface area contributed by atoms with Crippen molar-refractivity contribution < 1.29 is 4.42 Å². The molecule has 1 aromatic heterocycles. The summed E-state index contributed by atoms with van der Waals surface area (Å²) in [5, 5.41) is 0. The van der Waals surface area contributed by atoms with E-state index < -0.39 is 0 Å². The van der Waals surface area contributed by atoms with Gasteiger partial charge in [0.05, 0.1) is 6.20 Å². The fourth-order valence-corrected chi connectivity index (χ4v) is 1.63. The Morgan fingerprint density at radius 2 is 2.21 bits per heavy atom. The molecule has 3 nitrogen and oxygen atoms in total. The summed E-state index contributed by atoms with van der Waals surface area (Å²) in [6.07, 6.45) is 1.63. The summed E-state index contributed by atoms with van der Waals surface area (Å²) in [7, 11) is 0. The van der Waals surface area contributed by atoms with Crippen LogP contribution in [-0.4, -0.2) is 4.98 Å². The first-order chi connectivity index (χ1) is 6.66. The molecular formula is C10H9BrN2O. The van der Waals surface area contributed by atoms with Gasteiger partial charge in [0.15, 0.2) is 5.76 Å². The predicted octanol–water partition coefficient (Wildman–Crippen LogP) is 2.99. The highest BCUT2D eigenvalue weighted by Crippen LogP contribution is 2.27. The number of nitrogen functional groups attached to an aromatic ring is 1. The summed E-state index contributed by atoms with van der Waals surface area (Å²) in [4.78, 5) is 3.86. The summed E-state index contributed by atoms with van der Waals surface area (Å²) in [6.45, 7) is 2.01. The fourth-order valence-electron chi connectivity index (χ4n) is 1.27. The van der Waals surface area contributed by atoms with Crippen LogP contribution in [0, 0.1) is 6.92 Å². The van der Waals surface area contributed by atoms with Gasteiger partial charge in [-0.15, -0.1) is 0 Å². The summed E-state index contributed by atoms with van der Waals surface area (Å²) in [5.41, 5.74) is 7.55. The summed E-state index contributed by atoms with van der Waals surface area (Å²) in [5.74, 6) is 0.696. The Hall–Kier alpha value is -1.29. The number of aromatic nitrogens is 1. The summed E-state index contributed by atoms with van der Waals surface area (Å²) < 4.78 is 6.26. The molecule has 0 aliphatic heterocycles. The Labute approximate surface area is 90.1 Å². The van der Waals surface area contributed by atoms with Crippen LogP contribution in [0.25, 0.3) is 11.3 Å². The van der Waals surface area contributed by atoms with Gasteiger partial charge in [-0.2, -0.15) is 0 Å². The molecule has 0 radical (unpaired) electrons. The number of anilines is 1. The normalized spacial score (nSPS) is 10.4. The van der Waals surface area contributed by atoms with Crippen LogP contribution in [0.2, 0.25) is 0 Å². The van der Waals surface area contributed by atoms with Crippen LogP contribution in [0.15, 0.2) is 33.3 Å². The molecule has 4 heteroatoms. The van der Waals surface area contributed by atoms with Crippen molar-refractivity contribution in [1.82, 2.24) is 4.98 Å². The highest BCUT2D eigenvalue weighted by atomic mass is 79.9. The maximum Gasteiger partial charge on any atom is 0.292 e. The van der Waals surface area contributed by atoms with E-state index in [0.717, 1.165) is 15.6 Å². The SMILES string of the molecule is Cc1ccc(Br)cc1-c1cnc(N)o1. The Balaban J connectivity index is 2.55. The lowest BCUT2D eigenvalue weighted by Crippen LogP contribution is -1.81. The highest BCUT2D eigenvalue weighted by Gasteiger charge is 2.07. The van der Waals surface area contributed by atoms with Gasteiger partial charge in [-0.05, 0) is 24.6 Å². The Morgan fingerprint density at radius 1 is 1.43 bits per heavy atom. The Bertz CT molecular complexity index is 465. The molecule has 2 N–H and O–H groups in total. The van der Waals surface area contributed by atoms with Crippen molar-refractivity contribution in [1.29, 1.82) is 0 Å². The van der Waals surface area contributed by atoms with E-state index in [1.807, 2.05) is 25.1 Å². The molecule has 1 aromatic carbocycles. The van der Waals surface area contributed by atoms with Crippen molar-refractivity contribution in [3.8, 4) is 11.3 Å². The van der Waals surface area contributed by atoms with E-state index in [9.17, 15) is 0 Å². The predicted molar refractivity (Wildman–Crippen MR) is 58.8 cm³/mol. The quantitative estimate of drug-likeness (QED) is 0.849. The molecule has 0 amide bonds. The molecule has 0 spiro atoms. The van der Waals surface area contributed by atoms with Crippen molar-refractivity contribution in [2.24, 2.45) is 0 Å². The molecule has 0 bridgehead atoms. The smallest absolute Gasteiger partial charge is 0.292 e. The summed E-state index contributed by atoms with van der Waals surface area (Å²) in [6, 6.07) is 6.17. The first-order valence-electron chi connectivity index (χ1n) is 4.14. The first kappa shape index (κ1) is 9.27. The molecule has 2 rings (SSSR count). The van der Waals surface area contributed by atoms with E-state index in [0.29, 0.717) is 5.76 Å². The van der Waals surface area contributed by atoms with Crippen LogP contribution in [0.1, 0.15) is 5.56 Å². The lowest BCUT2D eigenvalue weighted by molar-refractivity contribution is 0.594. The average molecular weight is 253 g/mol. The number of aryl methyl sites for hydroxylation is 1. The van der Waals surface area contributed by atoms with Crippen LogP contribution < -0.4 is 5.73 Å². The van der Waals surface area contributed by atoms with Gasteiger partial charge < -0.3 is 10.2 Å². The standard InChI is InChI=1S/C10H9BrN2O/c1-6-2-3-7(11)4-8(6)9-5-13-10(12)14-9/h2-5H,1H3,(H2,12,13). The third kappa shape index (κ3) is 1.65. The molecule has 0 atom stereocenters. The van der Waals surface area contributed by atoms with Crippen LogP contribution in [-0.2, 0) is 0 Å². The molecule has 2 aromatic rings. The van der Waals surface area contributed by atoms with Crippen LogP contribution in [0.3, 0.4) is 0 Å². The van der Waals surface area contributed by atoms with Crippen LogP contribution in [0.5, 0.6) is 0 Å². The van der Waals surface area contributed by atoms with E-state index in [-0.39, 0.29) is 6.01 Å². The molecule has 0 unspecified atom stereocenters. The van der Waals surface area contributed by atoms with E-state index in [4.69, 9.17) is 10.2 Å². The van der Waals surface area contributed by atoms with Gasteiger partial charge in [-0.3, -0.25) is 0 Å². The topological polar surface area (TPSA) is 52.0 Å². The molecule has 0 aliphatic carbocycles. The molecule has 1 heterocycles. The van der Waals surface area contributed by atoms with Gasteiger partial charge in [0.1, 0.15) is 0 Å². The highest BCUT2D eigenvalue weighted by molar-refractivity contribution is 9.10. The van der Waals surface area contributed by atoms with E-state index in [1.54, 1.807) is 6.20 Å². The molecule has 0 fully saturated rings. The Morgan fingerprint density at radius 3 is 2.86 bits per heavy atom. The van der Waals surface area contributed by atoms with Crippen molar-refractivity contribution in [2.45, 2.75) is 6.92 Å². The lowest BCUT2D eigenvalue weighted by atomic mass is 10.1. The summed E-state index contributed by atoms with van der Waals surface area (Å²) >= 11 is 3.41. The number of halogens is 1. The number of hydrogen-bond acceptors (Lipinski definition) is 3. The number of rotatable bonds is 1. The van der Waals surface area contributed by atoms with Crippen molar-refractivity contribution >= 4 is 21.9 Å². The van der Waals surface area contributed by atoms with Crippen molar-refractivity contribution in [3.05, 3.63) is 34.4 Å². The lowest BCUT2D eigenvalue weighted by Gasteiger charge is -2.01. The monoisotopic (exact) mass is 252 g/mol. The van der Waals surface area contributed by atoms with E-state index >= 15 is 0 Å². The molecular weight excluding hydrogens is 244 g/mol. The zero-order chi connectivity index (χ0) is 10.1. The number of oxazole rings is 1. The number of nitrogens with zero attached hydrogens (tertiary/aromatic N) is 1. The van der Waals surface area contributed by atoms with Crippen molar-refractivity contribution in [3.63, 3.8) is 0 Å².